The summed E-state index contributed by atoms with van der Waals surface area (Å²) in [7, 11) is 1.56. The third-order valence-corrected chi connectivity index (χ3v) is 1.03. The lowest BCUT2D eigenvalue weighted by atomic mass is 10.7. The van der Waals surface area contributed by atoms with E-state index in [4.69, 9.17) is 0 Å². The summed E-state index contributed by atoms with van der Waals surface area (Å²) in [6.07, 6.45) is -2.40. The van der Waals surface area contributed by atoms with E-state index in [0.29, 0.717) is 0 Å². The molecule has 0 radical (unpaired) electrons. The lowest BCUT2D eigenvalue weighted by molar-refractivity contribution is 0.163. The SMILES string of the molecule is Cn1nnnc1NCC(F)F. The highest BCUT2D eigenvalue weighted by Crippen LogP contribution is 1.97. The van der Waals surface area contributed by atoms with Crippen LogP contribution in [0.2, 0.25) is 0 Å². The van der Waals surface area contributed by atoms with Gasteiger partial charge in [-0.25, -0.2) is 13.5 Å². The molecule has 0 saturated carbocycles. The largest absolute Gasteiger partial charge is 0.347 e. The number of aromatic nitrogens is 4. The van der Waals surface area contributed by atoms with Crippen molar-refractivity contribution in [3.8, 4) is 0 Å². The van der Waals surface area contributed by atoms with Crippen LogP contribution < -0.4 is 5.32 Å². The zero-order chi connectivity index (χ0) is 8.27. The number of tetrazole rings is 1. The minimum Gasteiger partial charge on any atom is -0.347 e. The summed E-state index contributed by atoms with van der Waals surface area (Å²) < 4.78 is 24.5. The summed E-state index contributed by atoms with van der Waals surface area (Å²) in [4.78, 5) is 0. The van der Waals surface area contributed by atoms with E-state index in [1.54, 1.807) is 7.05 Å². The summed E-state index contributed by atoms with van der Waals surface area (Å²) in [5.41, 5.74) is 0. The molecule has 1 N–H and O–H groups in total. The van der Waals surface area contributed by atoms with E-state index in [-0.39, 0.29) is 5.95 Å². The molecule has 0 aliphatic rings. The van der Waals surface area contributed by atoms with Gasteiger partial charge in [-0.1, -0.05) is 5.10 Å². The molecule has 0 amide bonds. The molecule has 0 atom stereocenters. The molecule has 1 heterocycles. The monoisotopic (exact) mass is 163 g/mol. The van der Waals surface area contributed by atoms with Crippen LogP contribution in [-0.4, -0.2) is 33.2 Å². The topological polar surface area (TPSA) is 55.6 Å². The average molecular weight is 163 g/mol. The predicted molar refractivity (Wildman–Crippen MR) is 33.3 cm³/mol. The van der Waals surface area contributed by atoms with E-state index in [1.165, 1.54) is 4.68 Å². The van der Waals surface area contributed by atoms with Crippen LogP contribution in [0.4, 0.5) is 14.7 Å². The van der Waals surface area contributed by atoms with Gasteiger partial charge in [0.2, 0.25) is 5.95 Å². The summed E-state index contributed by atoms with van der Waals surface area (Å²) in [6, 6.07) is 0. The maximum absolute atomic E-state index is 11.6. The normalized spacial score (nSPS) is 10.5. The van der Waals surface area contributed by atoms with Crippen molar-refractivity contribution < 1.29 is 8.78 Å². The summed E-state index contributed by atoms with van der Waals surface area (Å²) in [5, 5.41) is 12.5. The molecule has 7 heteroatoms. The molecule has 0 aliphatic carbocycles. The Morgan fingerprint density at radius 3 is 2.82 bits per heavy atom. The summed E-state index contributed by atoms with van der Waals surface area (Å²) in [6.45, 7) is -0.436. The van der Waals surface area contributed by atoms with Gasteiger partial charge in [0.05, 0.1) is 6.54 Å². The van der Waals surface area contributed by atoms with Crippen LogP contribution in [0.3, 0.4) is 0 Å². The first-order chi connectivity index (χ1) is 5.20. The summed E-state index contributed by atoms with van der Waals surface area (Å²) >= 11 is 0. The average Bonchev–Trinajstić information content (AvgIpc) is 2.31. The fraction of sp³-hybridized carbons (Fsp3) is 0.750. The van der Waals surface area contributed by atoms with Crippen molar-refractivity contribution in [2.45, 2.75) is 6.43 Å². The number of anilines is 1. The third kappa shape index (κ3) is 2.10. The number of hydrogen-bond donors (Lipinski definition) is 1. The smallest absolute Gasteiger partial charge is 0.255 e. The van der Waals surface area contributed by atoms with Crippen molar-refractivity contribution in [3.63, 3.8) is 0 Å². The first-order valence-corrected chi connectivity index (χ1v) is 2.94. The van der Waals surface area contributed by atoms with Crippen molar-refractivity contribution in [1.82, 2.24) is 20.2 Å². The first kappa shape index (κ1) is 7.83. The number of alkyl halides is 2. The van der Waals surface area contributed by atoms with Crippen LogP contribution in [0.15, 0.2) is 0 Å². The molecule has 5 nitrogen and oxygen atoms in total. The Hall–Kier alpha value is -1.27. The Balaban J connectivity index is 2.44. The third-order valence-electron chi connectivity index (χ3n) is 1.03. The molecule has 1 rings (SSSR count). The second kappa shape index (κ2) is 3.22. The number of rotatable bonds is 3. The number of nitrogens with one attached hydrogen (secondary N) is 1. The molecular weight excluding hydrogens is 156 g/mol. The van der Waals surface area contributed by atoms with Gasteiger partial charge in [-0.15, -0.1) is 0 Å². The Labute approximate surface area is 61.4 Å². The zero-order valence-corrected chi connectivity index (χ0v) is 5.83. The molecule has 0 saturated heterocycles. The van der Waals surface area contributed by atoms with E-state index < -0.39 is 13.0 Å². The number of halogens is 2. The quantitative estimate of drug-likeness (QED) is 0.675. The van der Waals surface area contributed by atoms with Gasteiger partial charge in [-0.05, 0) is 10.4 Å². The van der Waals surface area contributed by atoms with E-state index in [0.717, 1.165) is 0 Å². The molecule has 1 aromatic heterocycles. The zero-order valence-electron chi connectivity index (χ0n) is 5.83. The molecule has 0 spiro atoms. The Morgan fingerprint density at radius 2 is 2.36 bits per heavy atom. The number of hydrogen-bond acceptors (Lipinski definition) is 4. The van der Waals surface area contributed by atoms with Crippen molar-refractivity contribution in [2.75, 3.05) is 11.9 Å². The Morgan fingerprint density at radius 1 is 1.64 bits per heavy atom. The minimum absolute atomic E-state index is 0.241. The fourth-order valence-corrected chi connectivity index (χ4v) is 0.548. The number of aryl methyl sites for hydroxylation is 1. The minimum atomic E-state index is -2.40. The van der Waals surface area contributed by atoms with E-state index >= 15 is 0 Å². The fourth-order valence-electron chi connectivity index (χ4n) is 0.548. The van der Waals surface area contributed by atoms with Crippen molar-refractivity contribution in [3.05, 3.63) is 0 Å². The van der Waals surface area contributed by atoms with Gasteiger partial charge < -0.3 is 5.32 Å². The maximum atomic E-state index is 11.6. The van der Waals surface area contributed by atoms with Crippen LogP contribution in [0, 0.1) is 0 Å². The van der Waals surface area contributed by atoms with Gasteiger partial charge >= 0.3 is 0 Å². The van der Waals surface area contributed by atoms with Gasteiger partial charge in [-0.3, -0.25) is 0 Å². The molecule has 0 unspecified atom stereocenters. The lowest BCUT2D eigenvalue weighted by Crippen LogP contribution is -2.13. The van der Waals surface area contributed by atoms with Crippen LogP contribution in [0.5, 0.6) is 0 Å². The summed E-state index contributed by atoms with van der Waals surface area (Å²) in [5.74, 6) is 0.241. The van der Waals surface area contributed by atoms with Crippen molar-refractivity contribution in [1.29, 1.82) is 0 Å². The first-order valence-electron chi connectivity index (χ1n) is 2.94. The van der Waals surface area contributed by atoms with Gasteiger partial charge in [0.25, 0.3) is 6.43 Å². The number of nitrogens with zero attached hydrogens (tertiary/aromatic N) is 4. The maximum Gasteiger partial charge on any atom is 0.255 e. The van der Waals surface area contributed by atoms with E-state index in [9.17, 15) is 8.78 Å². The Bertz CT molecular complexity index is 222. The molecule has 11 heavy (non-hydrogen) atoms. The Kier molecular flexibility index (Phi) is 2.29. The molecule has 0 aliphatic heterocycles. The van der Waals surface area contributed by atoms with E-state index in [1.807, 2.05) is 0 Å². The molecule has 62 valence electrons. The second-order valence-corrected chi connectivity index (χ2v) is 1.90. The highest BCUT2D eigenvalue weighted by atomic mass is 19.3. The second-order valence-electron chi connectivity index (χ2n) is 1.90. The van der Waals surface area contributed by atoms with Crippen LogP contribution in [0.1, 0.15) is 0 Å². The molecule has 0 fully saturated rings. The van der Waals surface area contributed by atoms with Crippen molar-refractivity contribution in [2.24, 2.45) is 7.05 Å². The van der Waals surface area contributed by atoms with Gasteiger partial charge in [0.15, 0.2) is 0 Å². The van der Waals surface area contributed by atoms with Gasteiger partial charge in [-0.2, -0.15) is 0 Å². The molecule has 1 aromatic rings. The van der Waals surface area contributed by atoms with Crippen LogP contribution in [-0.2, 0) is 7.05 Å². The molecule has 0 aromatic carbocycles. The van der Waals surface area contributed by atoms with Crippen LogP contribution in [0.25, 0.3) is 0 Å². The molecule has 0 bridgehead atoms. The molecular formula is C4H7F2N5. The predicted octanol–water partition coefficient (Wildman–Crippen LogP) is -0.113. The highest BCUT2D eigenvalue weighted by molar-refractivity contribution is 5.20. The van der Waals surface area contributed by atoms with Gasteiger partial charge in [0, 0.05) is 7.05 Å². The van der Waals surface area contributed by atoms with Crippen LogP contribution >= 0.6 is 0 Å². The highest BCUT2D eigenvalue weighted by Gasteiger charge is 2.04. The van der Waals surface area contributed by atoms with E-state index in [2.05, 4.69) is 20.8 Å². The standard InChI is InChI=1S/C4H7F2N5/c1-11-4(8-9-10-11)7-2-3(5)6/h3H,2H2,1H3,(H,7,8,10). The van der Waals surface area contributed by atoms with Crippen molar-refractivity contribution >= 4 is 5.95 Å². The van der Waals surface area contributed by atoms with Gasteiger partial charge in [0.1, 0.15) is 0 Å². The lowest BCUT2D eigenvalue weighted by Gasteiger charge is -2.00.